The average Bonchev–Trinajstić information content (AvgIpc) is 3.04. The smallest absolute Gasteiger partial charge is 0.223 e. The summed E-state index contributed by atoms with van der Waals surface area (Å²) in [5.74, 6) is 1.12. The number of hydrogen-bond acceptors (Lipinski definition) is 8. The van der Waals surface area contributed by atoms with Gasteiger partial charge in [0.15, 0.2) is 5.82 Å². The highest BCUT2D eigenvalue weighted by Crippen LogP contribution is 2.12. The Bertz CT molecular complexity index is 543. The van der Waals surface area contributed by atoms with Crippen molar-refractivity contribution in [2.45, 2.75) is 32.9 Å². The number of aliphatic hydroxyl groups is 1. The quantitative estimate of drug-likeness (QED) is 0.663. The van der Waals surface area contributed by atoms with Gasteiger partial charge in [0.25, 0.3) is 0 Å². The third-order valence-corrected chi connectivity index (χ3v) is 3.86. The van der Waals surface area contributed by atoms with Crippen LogP contribution in [-0.4, -0.2) is 46.1 Å². The summed E-state index contributed by atoms with van der Waals surface area (Å²) in [6.07, 6.45) is 0.277. The molecule has 21 heavy (non-hydrogen) atoms. The molecule has 0 spiro atoms. The maximum absolute atomic E-state index is 9.78. The summed E-state index contributed by atoms with van der Waals surface area (Å²) >= 11 is 1.63. The van der Waals surface area contributed by atoms with Crippen molar-refractivity contribution in [1.29, 1.82) is 0 Å². The normalized spacial score (nSPS) is 12.7. The van der Waals surface area contributed by atoms with Crippen LogP contribution in [0.2, 0.25) is 0 Å². The van der Waals surface area contributed by atoms with Crippen molar-refractivity contribution in [3.8, 4) is 0 Å². The number of aliphatic hydroxyl groups excluding tert-OH is 1. The summed E-state index contributed by atoms with van der Waals surface area (Å²) < 4.78 is 10.3. The third-order valence-electron chi connectivity index (χ3n) is 2.86. The fraction of sp³-hybridized carbons (Fsp3) is 0.615. The molecule has 1 unspecified atom stereocenters. The highest BCUT2D eigenvalue weighted by molar-refractivity contribution is 7.09. The Kier molecular flexibility index (Phi) is 6.24. The monoisotopic (exact) mass is 312 g/mol. The van der Waals surface area contributed by atoms with Gasteiger partial charge in [0, 0.05) is 24.8 Å². The van der Waals surface area contributed by atoms with Crippen LogP contribution in [0.25, 0.3) is 0 Å². The minimum absolute atomic E-state index is 0.302. The predicted molar refractivity (Wildman–Crippen MR) is 78.1 cm³/mol. The fourth-order valence-electron chi connectivity index (χ4n) is 1.77. The number of aryl methyl sites for hydroxylation is 2. The minimum atomic E-state index is -0.555. The van der Waals surface area contributed by atoms with Gasteiger partial charge in [-0.2, -0.15) is 4.98 Å². The largest absolute Gasteiger partial charge is 0.389 e. The van der Waals surface area contributed by atoms with Crippen molar-refractivity contribution in [3.05, 3.63) is 27.8 Å². The lowest BCUT2D eigenvalue weighted by atomic mass is 10.3. The molecule has 2 aromatic rings. The first-order valence-electron chi connectivity index (χ1n) is 6.80. The summed E-state index contributed by atoms with van der Waals surface area (Å²) in [5.41, 5.74) is 2.89. The molecule has 2 aromatic heterocycles. The number of rotatable bonds is 9. The van der Waals surface area contributed by atoms with Crippen LogP contribution in [0.4, 0.5) is 0 Å². The highest BCUT2D eigenvalue weighted by atomic mass is 32.1. The van der Waals surface area contributed by atoms with E-state index in [4.69, 9.17) is 9.26 Å². The molecule has 0 aliphatic heterocycles. The lowest BCUT2D eigenvalue weighted by molar-refractivity contribution is 0.0382. The Morgan fingerprint density at radius 1 is 1.48 bits per heavy atom. The van der Waals surface area contributed by atoms with Gasteiger partial charge in [0.05, 0.1) is 37.1 Å². The number of thiazole rings is 1. The van der Waals surface area contributed by atoms with E-state index in [2.05, 4.69) is 20.4 Å². The van der Waals surface area contributed by atoms with Crippen LogP contribution in [0.1, 0.15) is 22.3 Å². The molecule has 0 fully saturated rings. The van der Waals surface area contributed by atoms with Gasteiger partial charge >= 0.3 is 0 Å². The molecule has 7 nitrogen and oxygen atoms in total. The maximum Gasteiger partial charge on any atom is 0.223 e. The Morgan fingerprint density at radius 2 is 2.33 bits per heavy atom. The molecule has 0 aromatic carbocycles. The van der Waals surface area contributed by atoms with Crippen LogP contribution >= 0.6 is 11.3 Å². The van der Waals surface area contributed by atoms with Crippen molar-refractivity contribution in [1.82, 2.24) is 20.4 Å². The minimum Gasteiger partial charge on any atom is -0.389 e. The van der Waals surface area contributed by atoms with Gasteiger partial charge in [0.2, 0.25) is 5.89 Å². The molecule has 116 valence electrons. The van der Waals surface area contributed by atoms with Crippen LogP contribution in [0, 0.1) is 13.8 Å². The van der Waals surface area contributed by atoms with Crippen LogP contribution in [0.15, 0.2) is 10.0 Å². The van der Waals surface area contributed by atoms with Crippen LogP contribution in [0.3, 0.4) is 0 Å². The summed E-state index contributed by atoms with van der Waals surface area (Å²) in [7, 11) is 0. The van der Waals surface area contributed by atoms with Crippen molar-refractivity contribution >= 4 is 11.3 Å². The topological polar surface area (TPSA) is 93.3 Å². The van der Waals surface area contributed by atoms with Crippen LogP contribution < -0.4 is 5.32 Å². The molecule has 0 aliphatic rings. The van der Waals surface area contributed by atoms with Gasteiger partial charge in [-0.3, -0.25) is 0 Å². The van der Waals surface area contributed by atoms with Gasteiger partial charge in [-0.05, 0) is 6.92 Å². The van der Waals surface area contributed by atoms with Crippen molar-refractivity contribution in [2.75, 3.05) is 19.8 Å². The molecule has 0 amide bonds. The number of nitrogens with one attached hydrogen (secondary N) is 1. The maximum atomic E-state index is 9.78. The average molecular weight is 312 g/mol. The van der Waals surface area contributed by atoms with Gasteiger partial charge in [0.1, 0.15) is 0 Å². The standard InChI is InChI=1S/C13H20N4O3S/c1-9-12(21-8-15-9)3-4-19-7-11(18)5-14-6-13-16-10(2)20-17-13/h8,11,14,18H,3-7H2,1-2H3. The van der Waals surface area contributed by atoms with Gasteiger partial charge < -0.3 is 19.7 Å². The highest BCUT2D eigenvalue weighted by Gasteiger charge is 2.07. The zero-order valence-electron chi connectivity index (χ0n) is 12.2. The lowest BCUT2D eigenvalue weighted by Crippen LogP contribution is -2.30. The Labute approximate surface area is 127 Å². The molecular formula is C13H20N4O3S. The molecule has 2 rings (SSSR count). The van der Waals surface area contributed by atoms with Crippen molar-refractivity contribution in [3.63, 3.8) is 0 Å². The summed E-state index contributed by atoms with van der Waals surface area (Å²) in [6, 6.07) is 0. The Balaban J connectivity index is 1.53. The van der Waals surface area contributed by atoms with E-state index < -0.39 is 6.10 Å². The van der Waals surface area contributed by atoms with Gasteiger partial charge in [-0.1, -0.05) is 5.16 Å². The fourth-order valence-corrected chi connectivity index (χ4v) is 2.54. The first kappa shape index (κ1) is 16.0. The molecule has 0 bridgehead atoms. The number of hydrogen-bond donors (Lipinski definition) is 2. The molecule has 0 saturated carbocycles. The van der Waals surface area contributed by atoms with E-state index in [1.54, 1.807) is 18.3 Å². The zero-order chi connectivity index (χ0) is 15.1. The number of nitrogens with zero attached hydrogens (tertiary/aromatic N) is 3. The predicted octanol–water partition coefficient (Wildman–Crippen LogP) is 0.853. The molecule has 2 heterocycles. The van der Waals surface area contributed by atoms with Crippen LogP contribution in [0.5, 0.6) is 0 Å². The van der Waals surface area contributed by atoms with E-state index in [1.165, 1.54) is 4.88 Å². The molecule has 8 heteroatoms. The van der Waals surface area contributed by atoms with Crippen molar-refractivity contribution < 1.29 is 14.4 Å². The number of aromatic nitrogens is 3. The molecule has 0 aliphatic carbocycles. The first-order chi connectivity index (χ1) is 10.1. The van der Waals surface area contributed by atoms with Crippen molar-refractivity contribution in [2.24, 2.45) is 0 Å². The molecule has 2 N–H and O–H groups in total. The van der Waals surface area contributed by atoms with E-state index in [0.29, 0.717) is 38.0 Å². The summed E-state index contributed by atoms with van der Waals surface area (Å²) in [5, 5.41) is 16.6. The summed E-state index contributed by atoms with van der Waals surface area (Å²) in [6.45, 7) is 5.51. The Morgan fingerprint density at radius 3 is 3.00 bits per heavy atom. The van der Waals surface area contributed by atoms with E-state index in [1.807, 2.05) is 12.4 Å². The molecule has 0 saturated heterocycles. The van der Waals surface area contributed by atoms with E-state index >= 15 is 0 Å². The first-order valence-corrected chi connectivity index (χ1v) is 7.68. The second-order valence-corrected chi connectivity index (χ2v) is 5.64. The zero-order valence-corrected chi connectivity index (χ0v) is 13.0. The lowest BCUT2D eigenvalue weighted by Gasteiger charge is -2.11. The van der Waals surface area contributed by atoms with E-state index in [0.717, 1.165) is 12.1 Å². The molecule has 0 radical (unpaired) electrons. The van der Waals surface area contributed by atoms with Gasteiger partial charge in [-0.25, -0.2) is 4.98 Å². The van der Waals surface area contributed by atoms with E-state index in [9.17, 15) is 5.11 Å². The molecule has 1 atom stereocenters. The second kappa shape index (κ2) is 8.18. The third kappa shape index (κ3) is 5.50. The Hall–Kier alpha value is -1.35. The van der Waals surface area contributed by atoms with E-state index in [-0.39, 0.29) is 0 Å². The SMILES string of the molecule is Cc1nc(CNCC(O)COCCc2scnc2C)no1. The number of ether oxygens (including phenoxy) is 1. The molecular weight excluding hydrogens is 292 g/mol. The van der Waals surface area contributed by atoms with Crippen LogP contribution in [-0.2, 0) is 17.7 Å². The summed E-state index contributed by atoms with van der Waals surface area (Å²) in [4.78, 5) is 9.48. The van der Waals surface area contributed by atoms with Gasteiger partial charge in [-0.15, -0.1) is 11.3 Å². The second-order valence-electron chi connectivity index (χ2n) is 4.70.